The van der Waals surface area contributed by atoms with Gasteiger partial charge in [0.25, 0.3) is 0 Å². The molecule has 0 bridgehead atoms. The lowest BCUT2D eigenvalue weighted by Gasteiger charge is -2.05. The zero-order valence-electron chi connectivity index (χ0n) is 9.95. The van der Waals surface area contributed by atoms with Crippen LogP contribution >= 0.6 is 23.2 Å². The number of halogens is 2. The Hall–Kier alpha value is -1.32. The van der Waals surface area contributed by atoms with Gasteiger partial charge in [-0.2, -0.15) is 0 Å². The number of nitrogens with one attached hydrogen (secondary N) is 1. The van der Waals surface area contributed by atoms with E-state index < -0.39 is 0 Å². The molecule has 2 aromatic rings. The van der Waals surface area contributed by atoms with E-state index in [2.05, 4.69) is 22.2 Å². The van der Waals surface area contributed by atoms with Crippen LogP contribution in [0.5, 0.6) is 0 Å². The number of nitrogens with zero attached hydrogens (tertiary/aromatic N) is 2. The van der Waals surface area contributed by atoms with Crippen LogP contribution in [-0.2, 0) is 0 Å². The number of benzene rings is 1. The fourth-order valence-electron chi connectivity index (χ4n) is 1.48. The summed E-state index contributed by atoms with van der Waals surface area (Å²) in [7, 11) is 0. The molecule has 0 unspecified atom stereocenters. The van der Waals surface area contributed by atoms with E-state index in [-0.39, 0.29) is 0 Å². The highest BCUT2D eigenvalue weighted by Gasteiger charge is 2.03. The molecule has 0 aliphatic heterocycles. The molecule has 0 saturated heterocycles. The molecule has 0 aliphatic carbocycles. The Morgan fingerprint density at radius 1 is 1.06 bits per heavy atom. The third-order valence-corrected chi connectivity index (χ3v) is 3.18. The van der Waals surface area contributed by atoms with Gasteiger partial charge in [0, 0.05) is 24.5 Å². The van der Waals surface area contributed by atoms with E-state index in [4.69, 9.17) is 23.2 Å². The van der Waals surface area contributed by atoms with Gasteiger partial charge < -0.3 is 5.32 Å². The zero-order chi connectivity index (χ0) is 13.0. The molecular formula is C13H13Cl2N3. The van der Waals surface area contributed by atoms with E-state index in [1.54, 1.807) is 18.5 Å². The predicted octanol–water partition coefficient (Wildman–Crippen LogP) is 4.27. The minimum Gasteiger partial charge on any atom is -0.354 e. The van der Waals surface area contributed by atoms with Crippen LogP contribution in [0.4, 0.5) is 5.95 Å². The predicted molar refractivity (Wildman–Crippen MR) is 76.3 cm³/mol. The van der Waals surface area contributed by atoms with Gasteiger partial charge in [0.1, 0.15) is 0 Å². The largest absolute Gasteiger partial charge is 0.354 e. The van der Waals surface area contributed by atoms with Crippen molar-refractivity contribution in [1.29, 1.82) is 0 Å². The number of rotatable bonds is 4. The van der Waals surface area contributed by atoms with Crippen LogP contribution in [0.3, 0.4) is 0 Å². The lowest BCUT2D eigenvalue weighted by molar-refractivity contribution is 0.953. The van der Waals surface area contributed by atoms with E-state index in [0.717, 1.165) is 24.1 Å². The lowest BCUT2D eigenvalue weighted by atomic mass is 10.1. The normalized spacial score (nSPS) is 10.4. The van der Waals surface area contributed by atoms with Crippen molar-refractivity contribution in [3.8, 4) is 11.1 Å². The van der Waals surface area contributed by atoms with Crippen molar-refractivity contribution in [2.45, 2.75) is 13.3 Å². The minimum atomic E-state index is 0.530. The molecule has 0 fully saturated rings. The van der Waals surface area contributed by atoms with Gasteiger partial charge in [-0.1, -0.05) is 36.2 Å². The Kier molecular flexibility index (Phi) is 4.39. The molecule has 5 heteroatoms. The lowest BCUT2D eigenvalue weighted by Crippen LogP contribution is -2.03. The second kappa shape index (κ2) is 6.03. The monoisotopic (exact) mass is 281 g/mol. The van der Waals surface area contributed by atoms with Gasteiger partial charge >= 0.3 is 0 Å². The van der Waals surface area contributed by atoms with E-state index in [0.29, 0.717) is 16.0 Å². The quantitative estimate of drug-likeness (QED) is 0.909. The summed E-state index contributed by atoms with van der Waals surface area (Å²) in [6, 6.07) is 5.47. The van der Waals surface area contributed by atoms with Crippen molar-refractivity contribution in [1.82, 2.24) is 9.97 Å². The fourth-order valence-corrected chi connectivity index (χ4v) is 1.78. The smallest absolute Gasteiger partial charge is 0.222 e. The second-order valence-corrected chi connectivity index (χ2v) is 4.67. The number of anilines is 1. The molecule has 0 spiro atoms. The maximum atomic E-state index is 5.98. The molecule has 3 nitrogen and oxygen atoms in total. The summed E-state index contributed by atoms with van der Waals surface area (Å²) in [6.45, 7) is 2.96. The highest BCUT2D eigenvalue weighted by atomic mass is 35.5. The van der Waals surface area contributed by atoms with Gasteiger partial charge in [-0.05, 0) is 24.1 Å². The third kappa shape index (κ3) is 3.12. The van der Waals surface area contributed by atoms with Crippen LogP contribution in [0, 0.1) is 0 Å². The SMILES string of the molecule is CCCNc1ncc(-c2ccc(Cl)c(Cl)c2)cn1. The van der Waals surface area contributed by atoms with Crippen LogP contribution in [0.25, 0.3) is 11.1 Å². The average Bonchev–Trinajstić information content (AvgIpc) is 2.40. The molecule has 18 heavy (non-hydrogen) atoms. The molecule has 0 radical (unpaired) electrons. The molecule has 1 heterocycles. The maximum Gasteiger partial charge on any atom is 0.222 e. The van der Waals surface area contributed by atoms with Crippen molar-refractivity contribution in [3.05, 3.63) is 40.6 Å². The summed E-state index contributed by atoms with van der Waals surface area (Å²) in [4.78, 5) is 8.49. The van der Waals surface area contributed by atoms with Gasteiger partial charge in [-0.25, -0.2) is 9.97 Å². The number of hydrogen-bond acceptors (Lipinski definition) is 3. The third-order valence-electron chi connectivity index (χ3n) is 2.44. The van der Waals surface area contributed by atoms with E-state index in [9.17, 15) is 0 Å². The van der Waals surface area contributed by atoms with Crippen LogP contribution in [0.2, 0.25) is 10.0 Å². The summed E-state index contributed by atoms with van der Waals surface area (Å²) in [6.07, 6.45) is 4.58. The molecule has 94 valence electrons. The maximum absolute atomic E-state index is 5.98. The molecule has 0 amide bonds. The molecular weight excluding hydrogens is 269 g/mol. The Morgan fingerprint density at radius 3 is 2.39 bits per heavy atom. The van der Waals surface area contributed by atoms with Gasteiger partial charge in [-0.15, -0.1) is 0 Å². The van der Waals surface area contributed by atoms with Crippen molar-refractivity contribution in [2.75, 3.05) is 11.9 Å². The average molecular weight is 282 g/mol. The first-order valence-electron chi connectivity index (χ1n) is 5.72. The van der Waals surface area contributed by atoms with E-state index in [1.165, 1.54) is 0 Å². The number of hydrogen-bond donors (Lipinski definition) is 1. The van der Waals surface area contributed by atoms with Crippen molar-refractivity contribution >= 4 is 29.2 Å². The van der Waals surface area contributed by atoms with Crippen LogP contribution in [0.15, 0.2) is 30.6 Å². The molecule has 0 saturated carbocycles. The summed E-state index contributed by atoms with van der Waals surface area (Å²) < 4.78 is 0. The molecule has 0 aliphatic rings. The van der Waals surface area contributed by atoms with E-state index >= 15 is 0 Å². The van der Waals surface area contributed by atoms with Gasteiger partial charge in [0.2, 0.25) is 5.95 Å². The Balaban J connectivity index is 2.20. The van der Waals surface area contributed by atoms with Gasteiger partial charge in [-0.3, -0.25) is 0 Å². The molecule has 1 N–H and O–H groups in total. The fraction of sp³-hybridized carbons (Fsp3) is 0.231. The molecule has 0 atom stereocenters. The summed E-state index contributed by atoms with van der Waals surface area (Å²) in [5.41, 5.74) is 1.86. The first kappa shape index (κ1) is 13.1. The van der Waals surface area contributed by atoms with Crippen molar-refractivity contribution in [2.24, 2.45) is 0 Å². The summed E-state index contributed by atoms with van der Waals surface area (Å²) in [5.74, 6) is 0.640. The molecule has 1 aromatic heterocycles. The van der Waals surface area contributed by atoms with Gasteiger partial charge in [0.15, 0.2) is 0 Å². The van der Waals surface area contributed by atoms with Crippen molar-refractivity contribution in [3.63, 3.8) is 0 Å². The number of aromatic nitrogens is 2. The van der Waals surface area contributed by atoms with Crippen LogP contribution in [-0.4, -0.2) is 16.5 Å². The summed E-state index contributed by atoms with van der Waals surface area (Å²) >= 11 is 11.9. The van der Waals surface area contributed by atoms with Gasteiger partial charge in [0.05, 0.1) is 10.0 Å². The minimum absolute atomic E-state index is 0.530. The molecule has 1 aromatic carbocycles. The highest BCUT2D eigenvalue weighted by molar-refractivity contribution is 6.42. The van der Waals surface area contributed by atoms with Crippen LogP contribution in [0.1, 0.15) is 13.3 Å². The zero-order valence-corrected chi connectivity index (χ0v) is 11.5. The second-order valence-electron chi connectivity index (χ2n) is 3.85. The highest BCUT2D eigenvalue weighted by Crippen LogP contribution is 2.27. The Bertz CT molecular complexity index is 526. The van der Waals surface area contributed by atoms with Crippen LogP contribution < -0.4 is 5.32 Å². The first-order chi connectivity index (χ1) is 8.70. The standard InChI is InChI=1S/C13H13Cl2N3/c1-2-5-16-13-17-7-10(8-18-13)9-3-4-11(14)12(15)6-9/h3-4,6-8H,2,5H2,1H3,(H,16,17,18). The van der Waals surface area contributed by atoms with E-state index in [1.807, 2.05) is 12.1 Å². The topological polar surface area (TPSA) is 37.8 Å². The first-order valence-corrected chi connectivity index (χ1v) is 6.47. The molecule has 2 rings (SSSR count). The Morgan fingerprint density at radius 2 is 1.78 bits per heavy atom. The van der Waals surface area contributed by atoms with Crippen molar-refractivity contribution < 1.29 is 0 Å². The summed E-state index contributed by atoms with van der Waals surface area (Å²) in [5, 5.41) is 4.20. The Labute approximate surface area is 116 Å².